The predicted molar refractivity (Wildman–Crippen MR) is 106 cm³/mol. The highest BCUT2D eigenvalue weighted by Crippen LogP contribution is 2.40. The standard InChI is InChI=1S/C17H10Cl3N3OS/c18-8-5-10(20)12(6-9(8)19)23-7-13(24)15(16(23)21)17-22-11-3-1-2-4-14(11)25-17/h1-6,21,24H,7H2. The number of aromatic nitrogens is 1. The lowest BCUT2D eigenvalue weighted by Gasteiger charge is -2.20. The highest BCUT2D eigenvalue weighted by atomic mass is 35.5. The average molecular weight is 411 g/mol. The zero-order valence-corrected chi connectivity index (χ0v) is 15.6. The Labute approximate surface area is 162 Å². The van der Waals surface area contributed by atoms with Crippen LogP contribution in [0.3, 0.4) is 0 Å². The van der Waals surface area contributed by atoms with Gasteiger partial charge in [0.15, 0.2) is 0 Å². The first-order chi connectivity index (χ1) is 12.0. The van der Waals surface area contributed by atoms with Gasteiger partial charge in [-0.15, -0.1) is 11.3 Å². The van der Waals surface area contributed by atoms with E-state index in [1.54, 1.807) is 11.0 Å². The molecule has 0 atom stereocenters. The largest absolute Gasteiger partial charge is 0.510 e. The second kappa shape index (κ2) is 6.18. The molecule has 1 aromatic heterocycles. The zero-order valence-electron chi connectivity index (χ0n) is 12.6. The summed E-state index contributed by atoms with van der Waals surface area (Å²) in [4.78, 5) is 6.12. The highest BCUT2D eigenvalue weighted by Gasteiger charge is 2.32. The molecule has 4 rings (SSSR count). The summed E-state index contributed by atoms with van der Waals surface area (Å²) in [5.41, 5.74) is 1.76. The number of rotatable bonds is 2. The maximum absolute atomic E-state index is 10.4. The monoisotopic (exact) mass is 409 g/mol. The SMILES string of the molecule is N=C1C(c2nc3ccccc3s2)=C(O)CN1c1cc(Cl)c(Cl)cc1Cl. The summed E-state index contributed by atoms with van der Waals surface area (Å²) < 4.78 is 0.997. The van der Waals surface area contributed by atoms with Gasteiger partial charge in [0.25, 0.3) is 0 Å². The van der Waals surface area contributed by atoms with Crippen molar-refractivity contribution in [3.8, 4) is 0 Å². The van der Waals surface area contributed by atoms with Crippen molar-refractivity contribution in [3.05, 3.63) is 62.2 Å². The van der Waals surface area contributed by atoms with Gasteiger partial charge in [-0.1, -0.05) is 46.9 Å². The summed E-state index contributed by atoms with van der Waals surface area (Å²) >= 11 is 19.7. The summed E-state index contributed by atoms with van der Waals surface area (Å²) in [5.74, 6) is 0.197. The van der Waals surface area contributed by atoms with Crippen LogP contribution in [-0.2, 0) is 0 Å². The summed E-state index contributed by atoms with van der Waals surface area (Å²) in [6.07, 6.45) is 0. The van der Waals surface area contributed by atoms with E-state index < -0.39 is 0 Å². The minimum Gasteiger partial charge on any atom is -0.510 e. The van der Waals surface area contributed by atoms with Gasteiger partial charge in [-0.25, -0.2) is 4.98 Å². The van der Waals surface area contributed by atoms with Gasteiger partial charge in [0.05, 0.1) is 43.1 Å². The Morgan fingerprint density at radius 1 is 1.08 bits per heavy atom. The molecule has 2 heterocycles. The van der Waals surface area contributed by atoms with Crippen LogP contribution in [0.2, 0.25) is 15.1 Å². The van der Waals surface area contributed by atoms with E-state index in [0.717, 1.165) is 10.2 Å². The smallest absolute Gasteiger partial charge is 0.139 e. The van der Waals surface area contributed by atoms with Crippen LogP contribution in [-0.4, -0.2) is 22.5 Å². The summed E-state index contributed by atoms with van der Waals surface area (Å²) in [5, 5.41) is 20.6. The molecule has 126 valence electrons. The number of hydrogen-bond acceptors (Lipinski definition) is 4. The number of para-hydroxylation sites is 1. The van der Waals surface area contributed by atoms with Crippen molar-refractivity contribution in [2.75, 3.05) is 11.4 Å². The molecule has 4 nitrogen and oxygen atoms in total. The van der Waals surface area contributed by atoms with Crippen LogP contribution in [0.25, 0.3) is 15.8 Å². The molecule has 0 fully saturated rings. The first-order valence-corrected chi connectivity index (χ1v) is 9.20. The molecule has 0 bridgehead atoms. The molecule has 0 spiro atoms. The minimum absolute atomic E-state index is 0.0752. The van der Waals surface area contributed by atoms with Gasteiger partial charge in [0.2, 0.25) is 0 Å². The molecule has 3 aromatic rings. The van der Waals surface area contributed by atoms with Crippen molar-refractivity contribution in [1.29, 1.82) is 5.41 Å². The molecule has 0 unspecified atom stereocenters. The van der Waals surface area contributed by atoms with Crippen LogP contribution in [0, 0.1) is 5.41 Å². The van der Waals surface area contributed by atoms with Crippen molar-refractivity contribution >= 4 is 73.5 Å². The van der Waals surface area contributed by atoms with E-state index in [-0.39, 0.29) is 18.1 Å². The van der Waals surface area contributed by atoms with Crippen LogP contribution in [0.5, 0.6) is 0 Å². The van der Waals surface area contributed by atoms with E-state index in [4.69, 9.17) is 40.2 Å². The Kier molecular flexibility index (Phi) is 4.12. The molecular weight excluding hydrogens is 401 g/mol. The van der Waals surface area contributed by atoms with Crippen molar-refractivity contribution in [3.63, 3.8) is 0 Å². The molecule has 8 heteroatoms. The minimum atomic E-state index is 0.0752. The molecule has 2 aromatic carbocycles. The van der Waals surface area contributed by atoms with E-state index in [1.165, 1.54) is 17.4 Å². The second-order valence-electron chi connectivity index (χ2n) is 5.46. The van der Waals surface area contributed by atoms with E-state index >= 15 is 0 Å². The van der Waals surface area contributed by atoms with Crippen LogP contribution in [0.4, 0.5) is 5.69 Å². The highest BCUT2D eigenvalue weighted by molar-refractivity contribution is 7.19. The van der Waals surface area contributed by atoms with Gasteiger partial charge in [-0.2, -0.15) is 0 Å². The number of nitrogens with one attached hydrogen (secondary N) is 1. The third-order valence-corrected chi connectivity index (χ3v) is 5.97. The number of hydrogen-bond donors (Lipinski definition) is 2. The molecule has 0 saturated heterocycles. The van der Waals surface area contributed by atoms with Gasteiger partial charge in [0.1, 0.15) is 16.6 Å². The van der Waals surface area contributed by atoms with Gasteiger partial charge in [-0.3, -0.25) is 5.41 Å². The van der Waals surface area contributed by atoms with E-state index in [0.29, 0.717) is 31.3 Å². The summed E-state index contributed by atoms with van der Waals surface area (Å²) in [7, 11) is 0. The fourth-order valence-electron chi connectivity index (χ4n) is 2.71. The summed E-state index contributed by atoms with van der Waals surface area (Å²) in [6, 6.07) is 10.8. The van der Waals surface area contributed by atoms with Crippen LogP contribution in [0.1, 0.15) is 5.01 Å². The Morgan fingerprint density at radius 2 is 1.80 bits per heavy atom. The summed E-state index contributed by atoms with van der Waals surface area (Å²) in [6.45, 7) is 0.127. The third-order valence-electron chi connectivity index (χ3n) is 3.89. The number of fused-ring (bicyclic) bond motifs is 1. The predicted octanol–water partition coefficient (Wildman–Crippen LogP) is 6.02. The first-order valence-electron chi connectivity index (χ1n) is 7.25. The molecule has 25 heavy (non-hydrogen) atoms. The van der Waals surface area contributed by atoms with Gasteiger partial charge in [0, 0.05) is 0 Å². The maximum Gasteiger partial charge on any atom is 0.139 e. The van der Waals surface area contributed by atoms with Gasteiger partial charge in [-0.05, 0) is 24.3 Å². The maximum atomic E-state index is 10.4. The molecular formula is C17H10Cl3N3OS. The van der Waals surface area contributed by atoms with Crippen LogP contribution in [0.15, 0.2) is 42.2 Å². The van der Waals surface area contributed by atoms with Crippen LogP contribution < -0.4 is 4.90 Å². The van der Waals surface area contributed by atoms with Crippen molar-refractivity contribution < 1.29 is 5.11 Å². The van der Waals surface area contributed by atoms with Crippen molar-refractivity contribution in [2.45, 2.75) is 0 Å². The number of halogens is 3. The average Bonchev–Trinajstić information content (AvgIpc) is 3.11. The van der Waals surface area contributed by atoms with Gasteiger partial charge >= 0.3 is 0 Å². The number of nitrogens with zero attached hydrogens (tertiary/aromatic N) is 2. The number of benzene rings is 2. The first kappa shape index (κ1) is 16.7. The Hall–Kier alpha value is -1.79. The molecule has 0 amide bonds. The second-order valence-corrected chi connectivity index (χ2v) is 7.71. The topological polar surface area (TPSA) is 60.2 Å². The zero-order chi connectivity index (χ0) is 17.7. The number of aliphatic hydroxyl groups is 1. The lowest BCUT2D eigenvalue weighted by molar-refractivity contribution is 0.411. The fraction of sp³-hybridized carbons (Fsp3) is 0.0588. The third kappa shape index (κ3) is 2.77. The van der Waals surface area contributed by atoms with Crippen molar-refractivity contribution in [2.24, 2.45) is 0 Å². The number of amidine groups is 1. The normalized spacial score (nSPS) is 14.8. The van der Waals surface area contributed by atoms with E-state index in [2.05, 4.69) is 4.98 Å². The fourth-order valence-corrected chi connectivity index (χ4v) is 4.38. The lowest BCUT2D eigenvalue weighted by Crippen LogP contribution is -2.26. The number of aliphatic hydroxyl groups excluding tert-OH is 1. The van der Waals surface area contributed by atoms with E-state index in [9.17, 15) is 5.11 Å². The Morgan fingerprint density at radius 3 is 2.56 bits per heavy atom. The van der Waals surface area contributed by atoms with Gasteiger partial charge < -0.3 is 10.0 Å². The quantitative estimate of drug-likeness (QED) is 0.508. The molecule has 0 aliphatic carbocycles. The molecule has 0 saturated carbocycles. The van der Waals surface area contributed by atoms with E-state index in [1.807, 2.05) is 24.3 Å². The molecule has 1 aliphatic heterocycles. The molecule has 0 radical (unpaired) electrons. The number of thiazole rings is 1. The lowest BCUT2D eigenvalue weighted by atomic mass is 10.2. The van der Waals surface area contributed by atoms with Crippen molar-refractivity contribution in [1.82, 2.24) is 4.98 Å². The molecule has 2 N–H and O–H groups in total. The Balaban J connectivity index is 1.76. The molecule has 1 aliphatic rings. The number of anilines is 1. The van der Waals surface area contributed by atoms with Crippen LogP contribution >= 0.6 is 46.1 Å². The Bertz CT molecular complexity index is 1030.